The topological polar surface area (TPSA) is 96.1 Å². The SMILES string of the molecule is CC(C)(C)OC(=O)Nc1ccc(CC(=O)NCc2nc3ccccc3[nH]2)cc1. The Kier molecular flexibility index (Phi) is 5.63. The van der Waals surface area contributed by atoms with Gasteiger partial charge in [-0.2, -0.15) is 0 Å². The van der Waals surface area contributed by atoms with Crippen molar-refractivity contribution in [2.24, 2.45) is 0 Å². The molecule has 28 heavy (non-hydrogen) atoms. The summed E-state index contributed by atoms with van der Waals surface area (Å²) < 4.78 is 5.21. The van der Waals surface area contributed by atoms with Crippen LogP contribution in [-0.2, 0) is 22.5 Å². The molecule has 0 saturated carbocycles. The molecule has 0 aliphatic carbocycles. The Labute approximate surface area is 163 Å². The van der Waals surface area contributed by atoms with Gasteiger partial charge in [0.05, 0.1) is 24.0 Å². The number of ether oxygens (including phenoxy) is 1. The zero-order valence-corrected chi connectivity index (χ0v) is 16.2. The van der Waals surface area contributed by atoms with E-state index in [0.717, 1.165) is 16.6 Å². The summed E-state index contributed by atoms with van der Waals surface area (Å²) in [5.41, 5.74) is 2.72. The quantitative estimate of drug-likeness (QED) is 0.628. The van der Waals surface area contributed by atoms with Gasteiger partial charge in [-0.25, -0.2) is 9.78 Å². The second-order valence-electron chi connectivity index (χ2n) is 7.48. The molecule has 2 amide bonds. The van der Waals surface area contributed by atoms with E-state index in [4.69, 9.17) is 4.74 Å². The lowest BCUT2D eigenvalue weighted by Crippen LogP contribution is -2.27. The van der Waals surface area contributed by atoms with Crippen molar-refractivity contribution >= 4 is 28.7 Å². The van der Waals surface area contributed by atoms with Crippen LogP contribution in [0.5, 0.6) is 0 Å². The van der Waals surface area contributed by atoms with Gasteiger partial charge in [-0.1, -0.05) is 24.3 Å². The molecule has 0 aliphatic rings. The van der Waals surface area contributed by atoms with Crippen molar-refractivity contribution in [3.8, 4) is 0 Å². The predicted octanol–water partition coefficient (Wildman–Crippen LogP) is 3.77. The number of imidazole rings is 1. The summed E-state index contributed by atoms with van der Waals surface area (Å²) in [5.74, 6) is 0.611. The van der Waals surface area contributed by atoms with E-state index in [9.17, 15) is 9.59 Å². The minimum Gasteiger partial charge on any atom is -0.444 e. The van der Waals surface area contributed by atoms with E-state index < -0.39 is 11.7 Å². The molecule has 7 nitrogen and oxygen atoms in total. The molecule has 1 heterocycles. The molecule has 7 heteroatoms. The number of para-hydroxylation sites is 2. The lowest BCUT2D eigenvalue weighted by molar-refractivity contribution is -0.120. The Morgan fingerprint density at radius 2 is 1.79 bits per heavy atom. The van der Waals surface area contributed by atoms with Crippen molar-refractivity contribution in [1.29, 1.82) is 0 Å². The third kappa shape index (κ3) is 5.57. The van der Waals surface area contributed by atoms with Gasteiger partial charge in [-0.3, -0.25) is 10.1 Å². The molecular weight excluding hydrogens is 356 g/mol. The van der Waals surface area contributed by atoms with Crippen molar-refractivity contribution in [3.63, 3.8) is 0 Å². The summed E-state index contributed by atoms with van der Waals surface area (Å²) >= 11 is 0. The first kappa shape index (κ1) is 19.4. The van der Waals surface area contributed by atoms with E-state index in [1.165, 1.54) is 0 Å². The van der Waals surface area contributed by atoms with Crippen LogP contribution in [0.25, 0.3) is 11.0 Å². The average molecular weight is 380 g/mol. The van der Waals surface area contributed by atoms with Crippen LogP contribution in [-0.4, -0.2) is 27.6 Å². The minimum absolute atomic E-state index is 0.103. The van der Waals surface area contributed by atoms with E-state index in [1.807, 2.05) is 24.3 Å². The first-order valence-electron chi connectivity index (χ1n) is 9.08. The van der Waals surface area contributed by atoms with Gasteiger partial charge in [0.2, 0.25) is 5.91 Å². The maximum atomic E-state index is 12.2. The van der Waals surface area contributed by atoms with Gasteiger partial charge in [-0.15, -0.1) is 0 Å². The van der Waals surface area contributed by atoms with Crippen LogP contribution in [0.4, 0.5) is 10.5 Å². The maximum Gasteiger partial charge on any atom is 0.412 e. The summed E-state index contributed by atoms with van der Waals surface area (Å²) in [6.07, 6.45) is -0.267. The Morgan fingerprint density at radius 1 is 1.07 bits per heavy atom. The van der Waals surface area contributed by atoms with Crippen molar-refractivity contribution in [2.45, 2.75) is 39.3 Å². The van der Waals surface area contributed by atoms with Crippen LogP contribution in [0, 0.1) is 0 Å². The van der Waals surface area contributed by atoms with Crippen molar-refractivity contribution < 1.29 is 14.3 Å². The molecule has 0 fully saturated rings. The van der Waals surface area contributed by atoms with Gasteiger partial charge in [-0.05, 0) is 50.6 Å². The average Bonchev–Trinajstić information content (AvgIpc) is 3.03. The van der Waals surface area contributed by atoms with Crippen LogP contribution in [0.3, 0.4) is 0 Å². The molecule has 0 atom stereocenters. The van der Waals surface area contributed by atoms with Gasteiger partial charge < -0.3 is 15.0 Å². The second-order valence-corrected chi connectivity index (χ2v) is 7.48. The molecule has 3 aromatic rings. The van der Waals surface area contributed by atoms with E-state index in [0.29, 0.717) is 18.1 Å². The van der Waals surface area contributed by atoms with Gasteiger partial charge >= 0.3 is 6.09 Å². The number of nitrogens with zero attached hydrogens (tertiary/aromatic N) is 1. The minimum atomic E-state index is -0.554. The molecule has 0 spiro atoms. The Hall–Kier alpha value is -3.35. The number of H-pyrrole nitrogens is 1. The number of fused-ring (bicyclic) bond motifs is 1. The second kappa shape index (κ2) is 8.12. The first-order chi connectivity index (χ1) is 13.3. The number of nitrogens with one attached hydrogen (secondary N) is 3. The summed E-state index contributed by atoms with van der Waals surface area (Å²) in [6, 6.07) is 14.8. The van der Waals surface area contributed by atoms with Crippen molar-refractivity contribution in [2.75, 3.05) is 5.32 Å². The number of hydrogen-bond donors (Lipinski definition) is 3. The smallest absolute Gasteiger partial charge is 0.412 e. The molecular formula is C21H24N4O3. The number of anilines is 1. The number of benzene rings is 2. The molecule has 0 radical (unpaired) electrons. The fourth-order valence-electron chi connectivity index (χ4n) is 2.65. The number of aromatic amines is 1. The number of aromatic nitrogens is 2. The number of rotatable bonds is 5. The van der Waals surface area contributed by atoms with Gasteiger partial charge in [0, 0.05) is 5.69 Å². The van der Waals surface area contributed by atoms with Crippen molar-refractivity contribution in [3.05, 3.63) is 59.9 Å². The highest BCUT2D eigenvalue weighted by Gasteiger charge is 2.16. The molecule has 0 unspecified atom stereocenters. The summed E-state index contributed by atoms with van der Waals surface area (Å²) in [7, 11) is 0. The highest BCUT2D eigenvalue weighted by molar-refractivity contribution is 5.85. The molecule has 3 rings (SSSR count). The lowest BCUT2D eigenvalue weighted by Gasteiger charge is -2.19. The standard InChI is InChI=1S/C21H24N4O3/c1-21(2,3)28-20(27)23-15-10-8-14(9-11-15)12-19(26)22-13-18-24-16-6-4-5-7-17(16)25-18/h4-11H,12-13H2,1-3H3,(H,22,26)(H,23,27)(H,24,25). The van der Waals surface area contributed by atoms with E-state index >= 15 is 0 Å². The van der Waals surface area contributed by atoms with E-state index in [1.54, 1.807) is 45.0 Å². The Bertz CT molecular complexity index is 938. The van der Waals surface area contributed by atoms with Gasteiger partial charge in [0.1, 0.15) is 11.4 Å². The normalized spacial score (nSPS) is 11.2. The van der Waals surface area contributed by atoms with Crippen LogP contribution >= 0.6 is 0 Å². The molecule has 0 aliphatic heterocycles. The predicted molar refractivity (Wildman–Crippen MR) is 108 cm³/mol. The third-order valence-corrected chi connectivity index (χ3v) is 3.86. The largest absolute Gasteiger partial charge is 0.444 e. The maximum absolute atomic E-state index is 12.2. The van der Waals surface area contributed by atoms with Crippen LogP contribution in [0.15, 0.2) is 48.5 Å². The lowest BCUT2D eigenvalue weighted by atomic mass is 10.1. The van der Waals surface area contributed by atoms with E-state index in [-0.39, 0.29) is 12.3 Å². The van der Waals surface area contributed by atoms with Gasteiger partial charge in [0.15, 0.2) is 0 Å². The number of hydrogen-bond acceptors (Lipinski definition) is 4. The summed E-state index contributed by atoms with van der Waals surface area (Å²) in [5, 5.41) is 5.52. The molecule has 2 aromatic carbocycles. The first-order valence-corrected chi connectivity index (χ1v) is 9.08. The fourth-order valence-corrected chi connectivity index (χ4v) is 2.65. The molecule has 1 aromatic heterocycles. The molecule has 0 bridgehead atoms. The Balaban J connectivity index is 1.49. The third-order valence-electron chi connectivity index (χ3n) is 3.86. The zero-order valence-electron chi connectivity index (χ0n) is 16.2. The summed E-state index contributed by atoms with van der Waals surface area (Å²) in [6.45, 7) is 5.75. The Morgan fingerprint density at radius 3 is 2.46 bits per heavy atom. The molecule has 146 valence electrons. The zero-order chi connectivity index (χ0) is 20.1. The number of carbonyl (C=O) groups excluding carboxylic acids is 2. The summed E-state index contributed by atoms with van der Waals surface area (Å²) in [4.78, 5) is 31.6. The monoisotopic (exact) mass is 380 g/mol. The number of amides is 2. The van der Waals surface area contributed by atoms with Gasteiger partial charge in [0.25, 0.3) is 0 Å². The highest BCUT2D eigenvalue weighted by atomic mass is 16.6. The fraction of sp³-hybridized carbons (Fsp3) is 0.286. The molecule has 3 N–H and O–H groups in total. The van der Waals surface area contributed by atoms with Crippen LogP contribution in [0.2, 0.25) is 0 Å². The number of carbonyl (C=O) groups is 2. The van der Waals surface area contributed by atoms with Crippen LogP contribution < -0.4 is 10.6 Å². The van der Waals surface area contributed by atoms with E-state index in [2.05, 4.69) is 20.6 Å². The molecule has 0 saturated heterocycles. The van der Waals surface area contributed by atoms with Crippen molar-refractivity contribution in [1.82, 2.24) is 15.3 Å². The highest BCUT2D eigenvalue weighted by Crippen LogP contribution is 2.14. The van der Waals surface area contributed by atoms with Crippen LogP contribution in [0.1, 0.15) is 32.2 Å².